The van der Waals surface area contributed by atoms with Crippen LogP contribution in [0.15, 0.2) is 16.9 Å². The van der Waals surface area contributed by atoms with E-state index in [1.807, 2.05) is 30.9 Å². The summed E-state index contributed by atoms with van der Waals surface area (Å²) in [6, 6.07) is 1.89. The van der Waals surface area contributed by atoms with Crippen molar-refractivity contribution in [2.75, 3.05) is 5.32 Å². The summed E-state index contributed by atoms with van der Waals surface area (Å²) in [7, 11) is 1.93. The van der Waals surface area contributed by atoms with Crippen LogP contribution in [0.3, 0.4) is 0 Å². The highest BCUT2D eigenvalue weighted by Crippen LogP contribution is 2.15. The Morgan fingerprint density at radius 3 is 2.79 bits per heavy atom. The first-order valence-electron chi connectivity index (χ1n) is 6.35. The smallest absolute Gasteiger partial charge is 0.132 e. The Bertz CT molecular complexity index is 564. The molecule has 1 N–H and O–H groups in total. The summed E-state index contributed by atoms with van der Waals surface area (Å²) in [5.74, 6) is 1.70. The van der Waals surface area contributed by atoms with Crippen LogP contribution >= 0.6 is 15.9 Å². The third-order valence-corrected chi connectivity index (χ3v) is 3.20. The van der Waals surface area contributed by atoms with Crippen LogP contribution in [0.1, 0.15) is 30.4 Å². The fraction of sp³-hybridized carbons (Fsp3) is 0.462. The highest BCUT2D eigenvalue weighted by molar-refractivity contribution is 9.10. The summed E-state index contributed by atoms with van der Waals surface area (Å²) in [4.78, 5) is 8.84. The molecule has 0 unspecified atom stereocenters. The van der Waals surface area contributed by atoms with E-state index in [1.54, 1.807) is 0 Å². The summed E-state index contributed by atoms with van der Waals surface area (Å²) in [5, 5.41) is 7.64. The highest BCUT2D eigenvalue weighted by atomic mass is 79.9. The Balaban J connectivity index is 2.08. The van der Waals surface area contributed by atoms with E-state index in [9.17, 15) is 0 Å². The molecular formula is C13H18BrN5. The van der Waals surface area contributed by atoms with Gasteiger partial charge in [0, 0.05) is 37.8 Å². The number of nitrogens with zero attached hydrogens (tertiary/aromatic N) is 4. The lowest BCUT2D eigenvalue weighted by Crippen LogP contribution is -2.05. The maximum Gasteiger partial charge on any atom is 0.132 e. The van der Waals surface area contributed by atoms with Gasteiger partial charge >= 0.3 is 0 Å². The van der Waals surface area contributed by atoms with E-state index < -0.39 is 0 Å². The maximum absolute atomic E-state index is 4.50. The van der Waals surface area contributed by atoms with Gasteiger partial charge in [-0.15, -0.1) is 0 Å². The fourth-order valence-corrected chi connectivity index (χ4v) is 2.32. The second-order valence-electron chi connectivity index (χ2n) is 4.51. The van der Waals surface area contributed by atoms with Crippen molar-refractivity contribution < 1.29 is 0 Å². The first-order valence-corrected chi connectivity index (χ1v) is 7.14. The second kappa shape index (κ2) is 6.14. The van der Waals surface area contributed by atoms with Crippen LogP contribution < -0.4 is 5.32 Å². The van der Waals surface area contributed by atoms with Gasteiger partial charge in [0.25, 0.3) is 0 Å². The zero-order valence-electron chi connectivity index (χ0n) is 11.4. The molecule has 6 heteroatoms. The number of rotatable bonds is 5. The molecule has 0 bridgehead atoms. The average Bonchev–Trinajstić information content (AvgIpc) is 2.65. The second-order valence-corrected chi connectivity index (χ2v) is 5.32. The number of nitrogens with one attached hydrogen (secondary N) is 1. The van der Waals surface area contributed by atoms with Crippen LogP contribution in [-0.4, -0.2) is 19.7 Å². The van der Waals surface area contributed by atoms with Gasteiger partial charge < -0.3 is 5.32 Å². The molecule has 5 nitrogen and oxygen atoms in total. The van der Waals surface area contributed by atoms with Crippen molar-refractivity contribution in [3.63, 3.8) is 0 Å². The zero-order valence-corrected chi connectivity index (χ0v) is 13.0. The van der Waals surface area contributed by atoms with Gasteiger partial charge in [0.15, 0.2) is 0 Å². The van der Waals surface area contributed by atoms with Gasteiger partial charge in [-0.05, 0) is 29.3 Å². The van der Waals surface area contributed by atoms with Crippen molar-refractivity contribution in [3.8, 4) is 0 Å². The highest BCUT2D eigenvalue weighted by Gasteiger charge is 2.05. The molecule has 2 heterocycles. The number of halogens is 1. The molecule has 19 heavy (non-hydrogen) atoms. The number of aromatic nitrogens is 4. The summed E-state index contributed by atoms with van der Waals surface area (Å²) in [6.07, 6.45) is 3.95. The van der Waals surface area contributed by atoms with Crippen molar-refractivity contribution in [1.29, 1.82) is 0 Å². The molecular weight excluding hydrogens is 306 g/mol. The summed E-state index contributed by atoms with van der Waals surface area (Å²) in [6.45, 7) is 4.85. The van der Waals surface area contributed by atoms with Crippen molar-refractivity contribution in [3.05, 3.63) is 33.9 Å². The van der Waals surface area contributed by atoms with Gasteiger partial charge in [-0.1, -0.05) is 6.92 Å². The molecule has 0 amide bonds. The Morgan fingerprint density at radius 2 is 2.16 bits per heavy atom. The predicted molar refractivity (Wildman–Crippen MR) is 79.0 cm³/mol. The van der Waals surface area contributed by atoms with Gasteiger partial charge in [0.1, 0.15) is 16.2 Å². The standard InChI is InChI=1S/C13H18BrN5/c1-4-5-12-16-11(14)6-13(17-12)15-7-10-8-19(3)18-9(10)2/h6,8H,4-5,7H2,1-3H3,(H,15,16,17). The van der Waals surface area contributed by atoms with E-state index >= 15 is 0 Å². The third kappa shape index (κ3) is 3.76. The predicted octanol–water partition coefficient (Wildman–Crippen LogP) is 2.85. The monoisotopic (exact) mass is 323 g/mol. The topological polar surface area (TPSA) is 55.6 Å². The molecule has 0 aliphatic rings. The van der Waals surface area contributed by atoms with Gasteiger partial charge in [0.2, 0.25) is 0 Å². The number of hydrogen-bond acceptors (Lipinski definition) is 4. The molecule has 2 aromatic heterocycles. The lowest BCUT2D eigenvalue weighted by atomic mass is 10.2. The minimum Gasteiger partial charge on any atom is -0.366 e. The molecule has 0 aliphatic heterocycles. The van der Waals surface area contributed by atoms with Crippen molar-refractivity contribution in [2.45, 2.75) is 33.2 Å². The molecule has 0 saturated carbocycles. The summed E-state index contributed by atoms with van der Waals surface area (Å²) in [5.41, 5.74) is 2.21. The van der Waals surface area contributed by atoms with Gasteiger partial charge in [0.05, 0.1) is 5.69 Å². The fourth-order valence-electron chi connectivity index (χ4n) is 1.90. The Morgan fingerprint density at radius 1 is 1.37 bits per heavy atom. The van der Waals surface area contributed by atoms with Crippen molar-refractivity contribution in [1.82, 2.24) is 19.7 Å². The zero-order chi connectivity index (χ0) is 13.8. The van der Waals surface area contributed by atoms with E-state index in [0.717, 1.165) is 34.8 Å². The van der Waals surface area contributed by atoms with Crippen LogP contribution in [0.4, 0.5) is 5.82 Å². The molecule has 0 fully saturated rings. The Hall–Kier alpha value is -1.43. The molecule has 2 aromatic rings. The van der Waals surface area contributed by atoms with Crippen LogP contribution in [0.2, 0.25) is 0 Å². The van der Waals surface area contributed by atoms with Crippen LogP contribution in [0, 0.1) is 6.92 Å². The minimum atomic E-state index is 0.717. The quantitative estimate of drug-likeness (QED) is 0.859. The Kier molecular flexibility index (Phi) is 4.52. The van der Waals surface area contributed by atoms with Crippen LogP contribution in [-0.2, 0) is 20.0 Å². The molecule has 0 saturated heterocycles. The van der Waals surface area contributed by atoms with Gasteiger partial charge in [-0.25, -0.2) is 9.97 Å². The normalized spacial score (nSPS) is 10.7. The largest absolute Gasteiger partial charge is 0.366 e. The first kappa shape index (κ1) is 14.0. The summed E-state index contributed by atoms with van der Waals surface area (Å²) >= 11 is 3.42. The van der Waals surface area contributed by atoms with Crippen molar-refractivity contribution >= 4 is 21.7 Å². The van der Waals surface area contributed by atoms with Crippen LogP contribution in [0.25, 0.3) is 0 Å². The molecule has 2 rings (SSSR count). The average molecular weight is 324 g/mol. The van der Waals surface area contributed by atoms with E-state index in [-0.39, 0.29) is 0 Å². The van der Waals surface area contributed by atoms with Gasteiger partial charge in [-0.2, -0.15) is 5.10 Å². The van der Waals surface area contributed by atoms with E-state index in [4.69, 9.17) is 0 Å². The lowest BCUT2D eigenvalue weighted by Gasteiger charge is -2.07. The number of hydrogen-bond donors (Lipinski definition) is 1. The van der Waals surface area contributed by atoms with Gasteiger partial charge in [-0.3, -0.25) is 4.68 Å². The molecule has 0 aromatic carbocycles. The first-order chi connectivity index (χ1) is 9.08. The number of anilines is 1. The van der Waals surface area contributed by atoms with E-state index in [2.05, 4.69) is 43.2 Å². The SMILES string of the molecule is CCCc1nc(Br)cc(NCc2cn(C)nc2C)n1. The minimum absolute atomic E-state index is 0.717. The maximum atomic E-state index is 4.50. The molecule has 0 spiro atoms. The molecule has 0 aliphatic carbocycles. The molecule has 0 radical (unpaired) electrons. The van der Waals surface area contributed by atoms with Crippen LogP contribution in [0.5, 0.6) is 0 Å². The van der Waals surface area contributed by atoms with E-state index in [1.165, 1.54) is 5.56 Å². The lowest BCUT2D eigenvalue weighted by molar-refractivity contribution is 0.756. The van der Waals surface area contributed by atoms with E-state index in [0.29, 0.717) is 6.54 Å². The summed E-state index contributed by atoms with van der Waals surface area (Å²) < 4.78 is 2.64. The Labute approximate surface area is 121 Å². The molecule has 0 atom stereocenters. The molecule has 102 valence electrons. The van der Waals surface area contributed by atoms with Crippen molar-refractivity contribution in [2.24, 2.45) is 7.05 Å². The third-order valence-electron chi connectivity index (χ3n) is 2.79. The number of aryl methyl sites for hydroxylation is 3.